The van der Waals surface area contributed by atoms with Crippen molar-refractivity contribution >= 4 is 5.91 Å². The first-order valence-corrected chi connectivity index (χ1v) is 7.84. The van der Waals surface area contributed by atoms with E-state index in [4.69, 9.17) is 10.5 Å². The van der Waals surface area contributed by atoms with Crippen molar-refractivity contribution in [3.63, 3.8) is 0 Å². The molecule has 0 aromatic carbocycles. The molecule has 1 aromatic heterocycles. The first kappa shape index (κ1) is 16.0. The summed E-state index contributed by atoms with van der Waals surface area (Å²) in [6, 6.07) is 0. The van der Waals surface area contributed by atoms with Crippen molar-refractivity contribution in [3.05, 3.63) is 17.5 Å². The fourth-order valence-corrected chi connectivity index (χ4v) is 2.61. The van der Waals surface area contributed by atoms with Gasteiger partial charge < -0.3 is 15.8 Å². The number of nitrogens with one attached hydrogen (secondary N) is 1. The lowest BCUT2D eigenvalue weighted by Crippen LogP contribution is -2.29. The predicted octanol–water partition coefficient (Wildman–Crippen LogP) is 1.23. The van der Waals surface area contributed by atoms with Crippen molar-refractivity contribution in [3.8, 4) is 0 Å². The summed E-state index contributed by atoms with van der Waals surface area (Å²) in [5, 5.41) is 7.21. The van der Waals surface area contributed by atoms with E-state index in [1.807, 2.05) is 11.6 Å². The van der Waals surface area contributed by atoms with E-state index in [1.165, 1.54) is 6.42 Å². The summed E-state index contributed by atoms with van der Waals surface area (Å²) in [6.07, 6.45) is 7.17. The summed E-state index contributed by atoms with van der Waals surface area (Å²) in [7, 11) is 0. The number of amides is 1. The number of ether oxygens (including phenoxy) is 1. The largest absolute Gasteiger partial charge is 0.378 e. The molecule has 3 N–H and O–H groups in total. The minimum absolute atomic E-state index is 0.0534. The Morgan fingerprint density at radius 3 is 3.14 bits per heavy atom. The number of hydrogen-bond donors (Lipinski definition) is 2. The van der Waals surface area contributed by atoms with Gasteiger partial charge in [0, 0.05) is 25.4 Å². The Balaban J connectivity index is 1.78. The third-order valence-corrected chi connectivity index (χ3v) is 3.95. The molecule has 1 aromatic rings. The van der Waals surface area contributed by atoms with E-state index in [2.05, 4.69) is 10.4 Å². The smallest absolute Gasteiger partial charge is 0.254 e. The average Bonchev–Trinajstić information content (AvgIpc) is 2.87. The molecule has 1 aliphatic rings. The molecule has 1 unspecified atom stereocenters. The maximum atomic E-state index is 12.2. The third kappa shape index (κ3) is 4.54. The van der Waals surface area contributed by atoms with Gasteiger partial charge in [-0.15, -0.1) is 0 Å². The Hall–Kier alpha value is -1.40. The molecule has 0 saturated carbocycles. The highest BCUT2D eigenvalue weighted by molar-refractivity contribution is 5.94. The van der Waals surface area contributed by atoms with E-state index in [9.17, 15) is 4.79 Å². The topological polar surface area (TPSA) is 82.2 Å². The van der Waals surface area contributed by atoms with Crippen LogP contribution in [0.3, 0.4) is 0 Å². The second kappa shape index (κ2) is 8.14. The predicted molar refractivity (Wildman–Crippen MR) is 81.2 cm³/mol. The van der Waals surface area contributed by atoms with Crippen LogP contribution in [0.1, 0.15) is 48.2 Å². The van der Waals surface area contributed by atoms with Crippen molar-refractivity contribution in [1.82, 2.24) is 15.1 Å². The van der Waals surface area contributed by atoms with Crippen LogP contribution in [0, 0.1) is 6.92 Å². The fourth-order valence-electron chi connectivity index (χ4n) is 2.61. The normalized spacial score (nSPS) is 18.7. The van der Waals surface area contributed by atoms with Gasteiger partial charge in [-0.3, -0.25) is 9.48 Å². The van der Waals surface area contributed by atoms with Crippen molar-refractivity contribution < 1.29 is 9.53 Å². The maximum absolute atomic E-state index is 12.2. The van der Waals surface area contributed by atoms with Crippen LogP contribution in [0.2, 0.25) is 0 Å². The molecule has 1 fully saturated rings. The molecule has 118 valence electrons. The lowest BCUT2D eigenvalue weighted by atomic mass is 10.1. The number of aryl methyl sites for hydroxylation is 1. The highest BCUT2D eigenvalue weighted by Crippen LogP contribution is 2.15. The van der Waals surface area contributed by atoms with Crippen molar-refractivity contribution in [2.45, 2.75) is 51.7 Å². The first-order chi connectivity index (χ1) is 10.2. The molecule has 0 spiro atoms. The zero-order chi connectivity index (χ0) is 15.1. The van der Waals surface area contributed by atoms with Crippen LogP contribution < -0.4 is 11.1 Å². The zero-order valence-corrected chi connectivity index (χ0v) is 12.8. The number of nitrogens with zero attached hydrogens (tertiary/aromatic N) is 2. The number of rotatable bonds is 7. The molecule has 0 radical (unpaired) electrons. The van der Waals surface area contributed by atoms with Crippen LogP contribution in [-0.4, -0.2) is 41.5 Å². The van der Waals surface area contributed by atoms with Crippen LogP contribution >= 0.6 is 0 Å². The van der Waals surface area contributed by atoms with E-state index in [0.29, 0.717) is 24.8 Å². The standard InChI is InChI=1S/C15H26N4O2/c1-12-14(11-18-19(12)9-4-7-16)15(20)17-8-6-13-5-2-3-10-21-13/h11,13H,2-10,16H2,1H3,(H,17,20). The second-order valence-electron chi connectivity index (χ2n) is 5.54. The number of aromatic nitrogens is 2. The Morgan fingerprint density at radius 2 is 2.43 bits per heavy atom. The molecule has 1 saturated heterocycles. The highest BCUT2D eigenvalue weighted by atomic mass is 16.5. The second-order valence-corrected chi connectivity index (χ2v) is 5.54. The quantitative estimate of drug-likeness (QED) is 0.792. The van der Waals surface area contributed by atoms with Gasteiger partial charge in [0.25, 0.3) is 5.91 Å². The monoisotopic (exact) mass is 294 g/mol. The molecule has 1 atom stereocenters. The summed E-state index contributed by atoms with van der Waals surface area (Å²) in [6.45, 7) is 4.80. The number of carbonyl (C=O) groups excluding carboxylic acids is 1. The van der Waals surface area contributed by atoms with Crippen LogP contribution in [0.15, 0.2) is 6.20 Å². The number of carbonyl (C=O) groups is 1. The number of hydrogen-bond acceptors (Lipinski definition) is 4. The molecule has 1 amide bonds. The molecule has 6 heteroatoms. The number of nitrogens with two attached hydrogens (primary N) is 1. The summed E-state index contributed by atoms with van der Waals surface area (Å²) in [5.41, 5.74) is 7.05. The van der Waals surface area contributed by atoms with Crippen LogP contribution in [0.25, 0.3) is 0 Å². The summed E-state index contributed by atoms with van der Waals surface area (Å²) in [5.74, 6) is -0.0534. The molecule has 0 bridgehead atoms. The Bertz CT molecular complexity index is 453. The molecular formula is C15H26N4O2. The molecule has 2 rings (SSSR count). The average molecular weight is 294 g/mol. The van der Waals surface area contributed by atoms with E-state index in [0.717, 1.165) is 44.5 Å². The lowest BCUT2D eigenvalue weighted by molar-refractivity contribution is 0.0117. The van der Waals surface area contributed by atoms with E-state index >= 15 is 0 Å². The Morgan fingerprint density at radius 1 is 1.57 bits per heavy atom. The van der Waals surface area contributed by atoms with Gasteiger partial charge in [0.05, 0.1) is 17.9 Å². The minimum Gasteiger partial charge on any atom is -0.378 e. The molecule has 21 heavy (non-hydrogen) atoms. The SMILES string of the molecule is Cc1c(C(=O)NCCC2CCCCO2)cnn1CCCN. The lowest BCUT2D eigenvalue weighted by Gasteiger charge is -2.22. The summed E-state index contributed by atoms with van der Waals surface area (Å²) in [4.78, 5) is 12.2. The zero-order valence-electron chi connectivity index (χ0n) is 12.8. The molecule has 2 heterocycles. The van der Waals surface area contributed by atoms with Crippen LogP contribution in [0.5, 0.6) is 0 Å². The molecule has 1 aliphatic heterocycles. The van der Waals surface area contributed by atoms with Gasteiger partial charge in [0.15, 0.2) is 0 Å². The van der Waals surface area contributed by atoms with Gasteiger partial charge in [-0.05, 0) is 45.6 Å². The summed E-state index contributed by atoms with van der Waals surface area (Å²) < 4.78 is 7.50. The van der Waals surface area contributed by atoms with Crippen molar-refractivity contribution in [2.75, 3.05) is 19.7 Å². The molecular weight excluding hydrogens is 268 g/mol. The maximum Gasteiger partial charge on any atom is 0.254 e. The fraction of sp³-hybridized carbons (Fsp3) is 0.733. The van der Waals surface area contributed by atoms with Crippen molar-refractivity contribution in [2.24, 2.45) is 5.73 Å². The van der Waals surface area contributed by atoms with Crippen LogP contribution in [-0.2, 0) is 11.3 Å². The first-order valence-electron chi connectivity index (χ1n) is 7.84. The summed E-state index contributed by atoms with van der Waals surface area (Å²) >= 11 is 0. The molecule has 6 nitrogen and oxygen atoms in total. The van der Waals surface area contributed by atoms with E-state index in [1.54, 1.807) is 6.20 Å². The van der Waals surface area contributed by atoms with Gasteiger partial charge in [-0.1, -0.05) is 0 Å². The van der Waals surface area contributed by atoms with Gasteiger partial charge in [-0.25, -0.2) is 0 Å². The Kier molecular flexibility index (Phi) is 6.20. The Labute approximate surface area is 126 Å². The van der Waals surface area contributed by atoms with Crippen molar-refractivity contribution in [1.29, 1.82) is 0 Å². The van der Waals surface area contributed by atoms with Crippen LogP contribution in [0.4, 0.5) is 0 Å². The van der Waals surface area contributed by atoms with Gasteiger partial charge in [0.1, 0.15) is 0 Å². The van der Waals surface area contributed by atoms with Gasteiger partial charge in [-0.2, -0.15) is 5.10 Å². The molecule has 0 aliphatic carbocycles. The van der Waals surface area contributed by atoms with Gasteiger partial charge >= 0.3 is 0 Å². The van der Waals surface area contributed by atoms with Gasteiger partial charge in [0.2, 0.25) is 0 Å². The third-order valence-electron chi connectivity index (χ3n) is 3.95. The highest BCUT2D eigenvalue weighted by Gasteiger charge is 2.16. The van der Waals surface area contributed by atoms with E-state index < -0.39 is 0 Å². The van der Waals surface area contributed by atoms with E-state index in [-0.39, 0.29) is 5.91 Å². The minimum atomic E-state index is -0.0534.